The van der Waals surface area contributed by atoms with Gasteiger partial charge in [0, 0.05) is 0 Å². The first kappa shape index (κ1) is 28.1. The maximum atomic E-state index is 12.5. The first-order valence-electron chi connectivity index (χ1n) is 14.5. The SMILES string of the molecule is Cc1cc(C2CCN(C(=O)OC(C)(C)C)CC2)ccc1C[PH](c1ccccc1)(c1ccccc1)c1ccccc1. The van der Waals surface area contributed by atoms with Crippen LogP contribution in [-0.4, -0.2) is 29.7 Å². The molecule has 40 heavy (non-hydrogen) atoms. The van der Waals surface area contributed by atoms with Crippen LogP contribution in [0, 0.1) is 6.92 Å². The van der Waals surface area contributed by atoms with Crippen molar-refractivity contribution in [2.45, 2.75) is 58.2 Å². The summed E-state index contributed by atoms with van der Waals surface area (Å²) in [7, 11) is -2.35. The molecule has 1 amide bonds. The third-order valence-electron chi connectivity index (χ3n) is 8.24. The van der Waals surface area contributed by atoms with E-state index in [9.17, 15) is 4.79 Å². The molecule has 0 saturated carbocycles. The fourth-order valence-corrected chi connectivity index (χ4v) is 11.0. The van der Waals surface area contributed by atoms with Crippen molar-refractivity contribution in [3.05, 3.63) is 126 Å². The second kappa shape index (κ2) is 12.0. The van der Waals surface area contributed by atoms with Crippen LogP contribution in [-0.2, 0) is 10.9 Å². The summed E-state index contributed by atoms with van der Waals surface area (Å²) in [6, 6.07) is 40.5. The molecule has 1 fully saturated rings. The quantitative estimate of drug-likeness (QED) is 0.235. The van der Waals surface area contributed by atoms with Crippen LogP contribution in [0.2, 0.25) is 0 Å². The summed E-state index contributed by atoms with van der Waals surface area (Å²) in [4.78, 5) is 14.4. The van der Waals surface area contributed by atoms with Crippen LogP contribution in [0.3, 0.4) is 0 Å². The molecule has 1 aliphatic rings. The van der Waals surface area contributed by atoms with Crippen LogP contribution >= 0.6 is 7.26 Å². The van der Waals surface area contributed by atoms with Gasteiger partial charge in [-0.1, -0.05) is 0 Å². The van der Waals surface area contributed by atoms with Gasteiger partial charge >= 0.3 is 220 Å². The van der Waals surface area contributed by atoms with Crippen LogP contribution in [0.5, 0.6) is 0 Å². The molecular weight excluding hydrogens is 509 g/mol. The van der Waals surface area contributed by atoms with Crippen molar-refractivity contribution < 1.29 is 9.53 Å². The molecule has 1 heterocycles. The zero-order valence-electron chi connectivity index (χ0n) is 24.3. The fourth-order valence-electron chi connectivity index (χ4n) is 6.15. The molecule has 0 atom stereocenters. The first-order valence-corrected chi connectivity index (χ1v) is 16.7. The second-order valence-corrected chi connectivity index (χ2v) is 16.0. The van der Waals surface area contributed by atoms with Gasteiger partial charge in [-0.3, -0.25) is 0 Å². The summed E-state index contributed by atoms with van der Waals surface area (Å²) in [5.41, 5.74) is 3.69. The van der Waals surface area contributed by atoms with E-state index in [4.69, 9.17) is 4.74 Å². The number of amides is 1. The van der Waals surface area contributed by atoms with Crippen molar-refractivity contribution >= 4 is 29.3 Å². The van der Waals surface area contributed by atoms with Gasteiger partial charge in [-0.05, 0) is 20.8 Å². The summed E-state index contributed by atoms with van der Waals surface area (Å²) < 4.78 is 5.60. The number of ether oxygens (including phenoxy) is 1. The average molecular weight is 552 g/mol. The molecule has 0 aromatic heterocycles. The van der Waals surface area contributed by atoms with Gasteiger partial charge < -0.3 is 0 Å². The van der Waals surface area contributed by atoms with Crippen molar-refractivity contribution in [1.82, 2.24) is 4.90 Å². The number of hydrogen-bond donors (Lipinski definition) is 0. The Kier molecular flexibility index (Phi) is 8.43. The van der Waals surface area contributed by atoms with Crippen LogP contribution < -0.4 is 15.9 Å². The molecule has 0 bridgehead atoms. The summed E-state index contributed by atoms with van der Waals surface area (Å²) in [5.74, 6) is 0.464. The van der Waals surface area contributed by atoms with Crippen LogP contribution in [0.15, 0.2) is 109 Å². The van der Waals surface area contributed by atoms with Gasteiger partial charge in [-0.2, -0.15) is 0 Å². The van der Waals surface area contributed by atoms with Gasteiger partial charge in [-0.25, -0.2) is 0 Å². The summed E-state index contributed by atoms with van der Waals surface area (Å²) in [6.07, 6.45) is 2.75. The van der Waals surface area contributed by atoms with E-state index in [1.165, 1.54) is 32.6 Å². The molecule has 1 saturated heterocycles. The summed E-state index contributed by atoms with van der Waals surface area (Å²) >= 11 is 0. The number of aryl methyl sites for hydroxylation is 1. The molecule has 0 aliphatic carbocycles. The Morgan fingerprint density at radius 1 is 0.775 bits per heavy atom. The molecule has 0 N–H and O–H groups in total. The van der Waals surface area contributed by atoms with Crippen LogP contribution in [0.4, 0.5) is 4.79 Å². The zero-order chi connectivity index (χ0) is 28.2. The van der Waals surface area contributed by atoms with Gasteiger partial charge in [0.15, 0.2) is 0 Å². The molecule has 0 radical (unpaired) electrons. The Hall–Kier alpha value is -3.42. The van der Waals surface area contributed by atoms with E-state index < -0.39 is 12.9 Å². The molecule has 0 unspecified atom stereocenters. The summed E-state index contributed by atoms with van der Waals surface area (Å²) in [6.45, 7) is 9.53. The number of likely N-dealkylation sites (tertiary alicyclic amines) is 1. The molecule has 4 aromatic carbocycles. The van der Waals surface area contributed by atoms with Crippen molar-refractivity contribution in [1.29, 1.82) is 0 Å². The van der Waals surface area contributed by atoms with Crippen molar-refractivity contribution in [2.24, 2.45) is 0 Å². The van der Waals surface area contributed by atoms with Crippen LogP contribution in [0.1, 0.15) is 56.2 Å². The predicted octanol–water partition coefficient (Wildman–Crippen LogP) is 7.34. The van der Waals surface area contributed by atoms with Crippen LogP contribution in [0.25, 0.3) is 0 Å². The standard InChI is InChI=1S/C36H42NO2P/c1-28-26-30(29-22-24-37(25-23-29)35(38)39-36(2,3)4)20-21-31(28)27-40(32-14-8-5-9-15-32,33-16-10-6-11-17-33)34-18-12-7-13-19-34/h5-21,26,29,40H,22-25,27H2,1-4H3. The van der Waals surface area contributed by atoms with Gasteiger partial charge in [0.1, 0.15) is 0 Å². The minimum atomic E-state index is -2.35. The Bertz CT molecular complexity index is 1310. The Labute approximate surface area is 240 Å². The summed E-state index contributed by atoms with van der Waals surface area (Å²) in [5, 5.41) is 4.31. The zero-order valence-corrected chi connectivity index (χ0v) is 25.3. The topological polar surface area (TPSA) is 29.5 Å². The molecule has 3 nitrogen and oxygen atoms in total. The Morgan fingerprint density at radius 2 is 1.25 bits per heavy atom. The minimum absolute atomic E-state index is 0.193. The van der Waals surface area contributed by atoms with E-state index in [2.05, 4.69) is 116 Å². The third-order valence-corrected chi connectivity index (χ3v) is 13.1. The average Bonchev–Trinajstić information content (AvgIpc) is 2.97. The van der Waals surface area contributed by atoms with Crippen molar-refractivity contribution in [2.75, 3.05) is 13.1 Å². The molecule has 208 valence electrons. The predicted molar refractivity (Wildman–Crippen MR) is 171 cm³/mol. The van der Waals surface area contributed by atoms with Gasteiger partial charge in [0.05, 0.1) is 0 Å². The number of piperidine rings is 1. The molecular formula is C36H42NO2P. The van der Waals surface area contributed by atoms with E-state index >= 15 is 0 Å². The molecule has 4 aromatic rings. The monoisotopic (exact) mass is 551 g/mol. The number of benzene rings is 4. The van der Waals surface area contributed by atoms with E-state index in [1.54, 1.807) is 0 Å². The number of carbonyl (C=O) groups excluding carboxylic acids is 1. The third kappa shape index (κ3) is 6.16. The maximum absolute atomic E-state index is 12.5. The van der Waals surface area contributed by atoms with Crippen molar-refractivity contribution in [3.8, 4) is 0 Å². The number of carbonyl (C=O) groups is 1. The second-order valence-electron chi connectivity index (χ2n) is 12.1. The molecule has 5 rings (SSSR count). The van der Waals surface area contributed by atoms with Gasteiger partial charge in [-0.15, -0.1) is 0 Å². The molecule has 4 heteroatoms. The molecule has 1 aliphatic heterocycles. The fraction of sp³-hybridized carbons (Fsp3) is 0.306. The van der Waals surface area contributed by atoms with Crippen molar-refractivity contribution in [3.63, 3.8) is 0 Å². The van der Waals surface area contributed by atoms with E-state index in [1.807, 2.05) is 25.7 Å². The normalized spacial score (nSPS) is 15.1. The molecule has 0 spiro atoms. The van der Waals surface area contributed by atoms with E-state index in [-0.39, 0.29) is 6.09 Å². The van der Waals surface area contributed by atoms with Gasteiger partial charge in [0.25, 0.3) is 0 Å². The Morgan fingerprint density at radius 3 is 1.68 bits per heavy atom. The number of rotatable bonds is 6. The Balaban J connectivity index is 1.44. The van der Waals surface area contributed by atoms with Gasteiger partial charge in [0.2, 0.25) is 0 Å². The number of hydrogen-bond acceptors (Lipinski definition) is 2. The first-order chi connectivity index (χ1) is 19.3. The van der Waals surface area contributed by atoms with E-state index in [0.29, 0.717) is 5.92 Å². The number of nitrogens with zero attached hydrogens (tertiary/aromatic N) is 1. The van der Waals surface area contributed by atoms with E-state index in [0.717, 1.165) is 32.1 Å².